The van der Waals surface area contributed by atoms with Gasteiger partial charge in [-0.25, -0.2) is 4.79 Å². The lowest BCUT2D eigenvalue weighted by Gasteiger charge is -2.22. The molecule has 0 spiro atoms. The van der Waals surface area contributed by atoms with Crippen molar-refractivity contribution in [3.63, 3.8) is 0 Å². The summed E-state index contributed by atoms with van der Waals surface area (Å²) in [6.07, 6.45) is -3.05. The minimum absolute atomic E-state index is 0.101. The van der Waals surface area contributed by atoms with Crippen LogP contribution in [0.2, 0.25) is 0 Å². The lowest BCUT2D eigenvalue weighted by Crippen LogP contribution is -2.44. The van der Waals surface area contributed by atoms with Crippen LogP contribution in [0.4, 0.5) is 8.78 Å². The van der Waals surface area contributed by atoms with E-state index in [1.807, 2.05) is 0 Å². The average Bonchev–Trinajstić information content (AvgIpc) is 2.03. The van der Waals surface area contributed by atoms with E-state index in [2.05, 4.69) is 0 Å². The van der Waals surface area contributed by atoms with E-state index in [1.165, 1.54) is 6.92 Å². The molecule has 1 unspecified atom stereocenters. The zero-order chi connectivity index (χ0) is 10.6. The lowest BCUT2D eigenvalue weighted by atomic mass is 10.2. The van der Waals surface area contributed by atoms with Crippen molar-refractivity contribution in [1.82, 2.24) is 4.90 Å². The number of carbonyl (C=O) groups is 2. The normalized spacial score (nSPS) is 12.7. The summed E-state index contributed by atoms with van der Waals surface area (Å²) >= 11 is 0. The van der Waals surface area contributed by atoms with Crippen molar-refractivity contribution in [2.24, 2.45) is 0 Å². The van der Waals surface area contributed by atoms with Crippen molar-refractivity contribution in [3.05, 3.63) is 0 Å². The molecule has 13 heavy (non-hydrogen) atoms. The summed E-state index contributed by atoms with van der Waals surface area (Å²) in [5.41, 5.74) is 0. The van der Waals surface area contributed by atoms with Crippen LogP contribution >= 0.6 is 0 Å². The molecule has 0 fully saturated rings. The van der Waals surface area contributed by atoms with Gasteiger partial charge in [0, 0.05) is 7.05 Å². The van der Waals surface area contributed by atoms with Crippen molar-refractivity contribution in [3.8, 4) is 0 Å². The highest BCUT2D eigenvalue weighted by Crippen LogP contribution is 2.06. The Morgan fingerprint density at radius 3 is 2.15 bits per heavy atom. The molecule has 0 aromatic heterocycles. The van der Waals surface area contributed by atoms with Crippen molar-refractivity contribution in [2.75, 3.05) is 7.05 Å². The molecule has 1 amide bonds. The first kappa shape index (κ1) is 11.8. The number of alkyl halides is 2. The van der Waals surface area contributed by atoms with E-state index in [9.17, 15) is 18.4 Å². The Morgan fingerprint density at radius 1 is 1.46 bits per heavy atom. The van der Waals surface area contributed by atoms with Gasteiger partial charge in [-0.1, -0.05) is 6.92 Å². The maximum Gasteiger partial charge on any atom is 0.326 e. The smallest absolute Gasteiger partial charge is 0.326 e. The van der Waals surface area contributed by atoms with Gasteiger partial charge in [0.1, 0.15) is 6.04 Å². The molecule has 76 valence electrons. The number of hydrogen-bond acceptors (Lipinski definition) is 2. The highest BCUT2D eigenvalue weighted by Gasteiger charge is 2.29. The first-order valence-electron chi connectivity index (χ1n) is 3.69. The van der Waals surface area contributed by atoms with Crippen LogP contribution in [0.1, 0.15) is 13.3 Å². The van der Waals surface area contributed by atoms with Crippen LogP contribution in [-0.2, 0) is 9.59 Å². The maximum atomic E-state index is 11.9. The van der Waals surface area contributed by atoms with Gasteiger partial charge in [0.25, 0.3) is 5.91 Å². The Labute approximate surface area is 74.1 Å². The largest absolute Gasteiger partial charge is 0.480 e. The summed E-state index contributed by atoms with van der Waals surface area (Å²) in [7, 11) is 1.05. The molecular formula is C7H11F2NO3. The number of amides is 1. The summed E-state index contributed by atoms with van der Waals surface area (Å²) in [5, 5.41) is 8.54. The van der Waals surface area contributed by atoms with Crippen LogP contribution in [-0.4, -0.2) is 41.4 Å². The number of likely N-dealkylation sites (N-methyl/N-ethyl adjacent to an activating group) is 1. The second-order valence-corrected chi connectivity index (χ2v) is 2.51. The molecule has 0 radical (unpaired) electrons. The topological polar surface area (TPSA) is 57.6 Å². The number of halogens is 2. The molecule has 1 N–H and O–H groups in total. The fourth-order valence-electron chi connectivity index (χ4n) is 0.922. The first-order valence-corrected chi connectivity index (χ1v) is 3.69. The number of aliphatic carboxylic acids is 1. The van der Waals surface area contributed by atoms with Gasteiger partial charge in [-0.15, -0.1) is 0 Å². The zero-order valence-corrected chi connectivity index (χ0v) is 7.33. The van der Waals surface area contributed by atoms with Gasteiger partial charge < -0.3 is 10.0 Å². The van der Waals surface area contributed by atoms with Crippen LogP contribution in [0.15, 0.2) is 0 Å². The number of rotatable bonds is 4. The fraction of sp³-hybridized carbons (Fsp3) is 0.714. The monoisotopic (exact) mass is 195 g/mol. The second kappa shape index (κ2) is 4.74. The highest BCUT2D eigenvalue weighted by molar-refractivity contribution is 5.85. The van der Waals surface area contributed by atoms with Crippen LogP contribution in [0.3, 0.4) is 0 Å². The molecule has 0 aliphatic carbocycles. The average molecular weight is 195 g/mol. The summed E-state index contributed by atoms with van der Waals surface area (Å²) in [5.74, 6) is -2.74. The minimum Gasteiger partial charge on any atom is -0.480 e. The first-order chi connectivity index (χ1) is 5.91. The minimum atomic E-state index is -3.15. The van der Waals surface area contributed by atoms with Crippen molar-refractivity contribution in [1.29, 1.82) is 0 Å². The van der Waals surface area contributed by atoms with Crippen molar-refractivity contribution >= 4 is 11.9 Å². The van der Waals surface area contributed by atoms with Gasteiger partial charge in [-0.2, -0.15) is 8.78 Å². The molecular weight excluding hydrogens is 184 g/mol. The van der Waals surface area contributed by atoms with Gasteiger partial charge in [-0.05, 0) is 6.42 Å². The maximum absolute atomic E-state index is 11.9. The molecule has 6 heteroatoms. The summed E-state index contributed by atoms with van der Waals surface area (Å²) in [4.78, 5) is 21.7. The Balaban J connectivity index is 4.46. The standard InChI is InChI=1S/C7H11F2NO3/c1-3-4(7(12)13)10(2)6(11)5(8)9/h4-5H,3H2,1-2H3,(H,12,13). The van der Waals surface area contributed by atoms with E-state index in [-0.39, 0.29) is 6.42 Å². The van der Waals surface area contributed by atoms with E-state index >= 15 is 0 Å². The third-order valence-electron chi connectivity index (χ3n) is 1.67. The lowest BCUT2D eigenvalue weighted by molar-refractivity contribution is -0.154. The number of hydrogen-bond donors (Lipinski definition) is 1. The molecule has 0 aromatic rings. The number of carboxylic acid groups (broad SMARTS) is 1. The Hall–Kier alpha value is -1.20. The van der Waals surface area contributed by atoms with E-state index < -0.39 is 24.3 Å². The molecule has 0 aromatic carbocycles. The third kappa shape index (κ3) is 2.96. The Kier molecular flexibility index (Phi) is 4.30. The SMILES string of the molecule is CCC(C(=O)O)N(C)C(=O)C(F)F. The van der Waals surface area contributed by atoms with Crippen LogP contribution in [0, 0.1) is 0 Å². The number of carboxylic acids is 1. The fourth-order valence-corrected chi connectivity index (χ4v) is 0.922. The Bertz CT molecular complexity index is 208. The van der Waals surface area contributed by atoms with Crippen LogP contribution in [0.5, 0.6) is 0 Å². The number of carbonyl (C=O) groups excluding carboxylic acids is 1. The van der Waals surface area contributed by atoms with E-state index in [0.717, 1.165) is 7.05 Å². The van der Waals surface area contributed by atoms with Gasteiger partial charge in [-0.3, -0.25) is 4.79 Å². The highest BCUT2D eigenvalue weighted by atomic mass is 19.3. The van der Waals surface area contributed by atoms with E-state index in [1.54, 1.807) is 0 Å². The van der Waals surface area contributed by atoms with E-state index in [0.29, 0.717) is 4.90 Å². The van der Waals surface area contributed by atoms with Crippen LogP contribution in [0.25, 0.3) is 0 Å². The summed E-state index contributed by atoms with van der Waals surface area (Å²) < 4.78 is 23.7. The molecule has 0 saturated heterocycles. The Morgan fingerprint density at radius 2 is 1.92 bits per heavy atom. The quantitative estimate of drug-likeness (QED) is 0.713. The van der Waals surface area contributed by atoms with Crippen molar-refractivity contribution in [2.45, 2.75) is 25.8 Å². The predicted octanol–water partition coefficient (Wildman–Crippen LogP) is 0.573. The summed E-state index contributed by atoms with van der Waals surface area (Å²) in [6, 6.07) is -1.18. The molecule has 0 rings (SSSR count). The van der Waals surface area contributed by atoms with Gasteiger partial charge >= 0.3 is 12.4 Å². The molecule has 4 nitrogen and oxygen atoms in total. The molecule has 0 aliphatic heterocycles. The number of nitrogens with zero attached hydrogens (tertiary/aromatic N) is 1. The second-order valence-electron chi connectivity index (χ2n) is 2.51. The molecule has 0 heterocycles. The third-order valence-corrected chi connectivity index (χ3v) is 1.67. The molecule has 0 aliphatic rings. The molecule has 0 bridgehead atoms. The zero-order valence-electron chi connectivity index (χ0n) is 7.33. The van der Waals surface area contributed by atoms with Crippen molar-refractivity contribution < 1.29 is 23.5 Å². The van der Waals surface area contributed by atoms with Gasteiger partial charge in [0.05, 0.1) is 0 Å². The van der Waals surface area contributed by atoms with E-state index in [4.69, 9.17) is 5.11 Å². The van der Waals surface area contributed by atoms with Gasteiger partial charge in [0.2, 0.25) is 0 Å². The predicted molar refractivity (Wildman–Crippen MR) is 40.5 cm³/mol. The van der Waals surface area contributed by atoms with Crippen LogP contribution < -0.4 is 0 Å². The van der Waals surface area contributed by atoms with Gasteiger partial charge in [0.15, 0.2) is 0 Å². The summed E-state index contributed by atoms with van der Waals surface area (Å²) in [6.45, 7) is 1.51. The molecule has 1 atom stereocenters. The molecule has 0 saturated carbocycles.